The summed E-state index contributed by atoms with van der Waals surface area (Å²) in [7, 11) is 0. The van der Waals surface area contributed by atoms with E-state index >= 15 is 0 Å². The predicted octanol–water partition coefficient (Wildman–Crippen LogP) is 3.60. The molecular weight excluding hydrogens is 310 g/mol. The molecule has 0 saturated carbocycles. The van der Waals surface area contributed by atoms with E-state index in [-0.39, 0.29) is 17.6 Å². The lowest BCUT2D eigenvalue weighted by atomic mass is 10.1. The molecule has 0 amide bonds. The van der Waals surface area contributed by atoms with Crippen molar-refractivity contribution in [3.8, 4) is 5.75 Å². The molecule has 2 aromatic rings. The molecule has 7 heteroatoms. The highest BCUT2D eigenvalue weighted by Crippen LogP contribution is 2.29. The zero-order chi connectivity index (χ0) is 16.9. The molecule has 1 aliphatic rings. The fraction of sp³-hybridized carbons (Fsp3) is 0.353. The first kappa shape index (κ1) is 16.2. The number of nitrogens with zero attached hydrogens (tertiary/aromatic N) is 2. The van der Waals surface area contributed by atoms with Gasteiger partial charge < -0.3 is 14.8 Å². The lowest BCUT2D eigenvalue weighted by Gasteiger charge is -2.24. The zero-order valence-electron chi connectivity index (χ0n) is 13.4. The summed E-state index contributed by atoms with van der Waals surface area (Å²) in [6.07, 6.45) is 3.47. The Bertz CT molecular complexity index is 730. The van der Waals surface area contributed by atoms with Gasteiger partial charge in [-0.05, 0) is 36.8 Å². The Kier molecular flexibility index (Phi) is 4.90. The average molecular weight is 329 g/mol. The minimum atomic E-state index is -0.454. The van der Waals surface area contributed by atoms with Crippen LogP contribution in [-0.4, -0.2) is 29.2 Å². The van der Waals surface area contributed by atoms with E-state index in [2.05, 4.69) is 10.3 Å². The topological polar surface area (TPSA) is 86.5 Å². The second-order valence-corrected chi connectivity index (χ2v) is 5.66. The number of nitro groups is 1. The van der Waals surface area contributed by atoms with E-state index in [1.807, 2.05) is 25.1 Å². The second-order valence-electron chi connectivity index (χ2n) is 5.66. The number of aryl methyl sites for hydroxylation is 1. The van der Waals surface area contributed by atoms with Crippen LogP contribution in [0, 0.1) is 17.0 Å². The van der Waals surface area contributed by atoms with Crippen LogP contribution in [0.5, 0.6) is 5.75 Å². The molecule has 1 fully saturated rings. The summed E-state index contributed by atoms with van der Waals surface area (Å²) >= 11 is 0. The first-order valence-corrected chi connectivity index (χ1v) is 7.85. The molecule has 2 heterocycles. The van der Waals surface area contributed by atoms with E-state index in [0.29, 0.717) is 0 Å². The molecule has 0 spiro atoms. The van der Waals surface area contributed by atoms with Gasteiger partial charge >= 0.3 is 5.69 Å². The number of benzene rings is 1. The van der Waals surface area contributed by atoms with Gasteiger partial charge in [-0.15, -0.1) is 0 Å². The molecule has 3 rings (SSSR count). The molecule has 0 aliphatic carbocycles. The highest BCUT2D eigenvalue weighted by Gasteiger charge is 2.17. The number of aromatic nitrogens is 1. The minimum Gasteiger partial charge on any atom is -0.490 e. The smallest absolute Gasteiger partial charge is 0.311 e. The molecule has 1 aromatic heterocycles. The van der Waals surface area contributed by atoms with Gasteiger partial charge in [-0.3, -0.25) is 10.1 Å². The highest BCUT2D eigenvalue weighted by atomic mass is 16.6. The summed E-state index contributed by atoms with van der Waals surface area (Å²) in [6, 6.07) is 8.57. The van der Waals surface area contributed by atoms with Crippen molar-refractivity contribution in [2.45, 2.75) is 25.9 Å². The average Bonchev–Trinajstić information content (AvgIpc) is 2.58. The molecule has 0 atom stereocenters. The normalized spacial score (nSPS) is 15.0. The van der Waals surface area contributed by atoms with Crippen molar-refractivity contribution in [2.24, 2.45) is 0 Å². The fourth-order valence-corrected chi connectivity index (χ4v) is 2.61. The van der Waals surface area contributed by atoms with E-state index in [1.165, 1.54) is 12.3 Å². The van der Waals surface area contributed by atoms with Crippen molar-refractivity contribution >= 4 is 17.2 Å². The summed E-state index contributed by atoms with van der Waals surface area (Å²) in [5.74, 6) is 1.04. The van der Waals surface area contributed by atoms with Crippen LogP contribution >= 0.6 is 0 Å². The molecule has 0 radical (unpaired) electrons. The van der Waals surface area contributed by atoms with Crippen molar-refractivity contribution < 1.29 is 14.4 Å². The van der Waals surface area contributed by atoms with Gasteiger partial charge in [-0.25, -0.2) is 4.98 Å². The summed E-state index contributed by atoms with van der Waals surface area (Å²) in [5, 5.41) is 14.0. The molecule has 1 aliphatic heterocycles. The van der Waals surface area contributed by atoms with Crippen LogP contribution in [0.2, 0.25) is 0 Å². The third-order valence-corrected chi connectivity index (χ3v) is 3.88. The van der Waals surface area contributed by atoms with Gasteiger partial charge in [-0.1, -0.05) is 0 Å². The Morgan fingerprint density at radius 3 is 2.83 bits per heavy atom. The number of hydrogen-bond donors (Lipinski definition) is 1. The number of nitrogens with one attached hydrogen (secondary N) is 1. The number of rotatable bonds is 5. The van der Waals surface area contributed by atoms with Crippen LogP contribution in [0.4, 0.5) is 17.2 Å². The summed E-state index contributed by atoms with van der Waals surface area (Å²) in [5.41, 5.74) is 1.64. The van der Waals surface area contributed by atoms with Crippen LogP contribution < -0.4 is 10.1 Å². The Morgan fingerprint density at radius 1 is 1.33 bits per heavy atom. The van der Waals surface area contributed by atoms with E-state index in [4.69, 9.17) is 9.47 Å². The predicted molar refractivity (Wildman–Crippen MR) is 89.8 cm³/mol. The molecule has 0 bridgehead atoms. The second kappa shape index (κ2) is 7.27. The number of hydrogen-bond acceptors (Lipinski definition) is 6. The third kappa shape index (κ3) is 3.80. The molecular formula is C17H19N3O4. The molecule has 1 N–H and O–H groups in total. The van der Waals surface area contributed by atoms with Crippen LogP contribution in [0.3, 0.4) is 0 Å². The van der Waals surface area contributed by atoms with Gasteiger partial charge in [0.25, 0.3) is 0 Å². The summed E-state index contributed by atoms with van der Waals surface area (Å²) in [4.78, 5) is 14.6. The number of ether oxygens (including phenoxy) is 2. The molecule has 1 saturated heterocycles. The SMILES string of the molecule is Cc1cc(Nc2ncccc2[N+](=O)[O-])ccc1OC1CCOCC1. The maximum absolute atomic E-state index is 11.0. The first-order chi connectivity index (χ1) is 11.6. The van der Waals surface area contributed by atoms with E-state index in [9.17, 15) is 10.1 Å². The number of anilines is 2. The van der Waals surface area contributed by atoms with Gasteiger partial charge in [0.2, 0.25) is 5.82 Å². The molecule has 0 unspecified atom stereocenters. The van der Waals surface area contributed by atoms with Crippen LogP contribution in [0.15, 0.2) is 36.5 Å². The molecule has 7 nitrogen and oxygen atoms in total. The third-order valence-electron chi connectivity index (χ3n) is 3.88. The number of pyridine rings is 1. The van der Waals surface area contributed by atoms with Crippen molar-refractivity contribution in [1.29, 1.82) is 0 Å². The summed E-state index contributed by atoms with van der Waals surface area (Å²) < 4.78 is 11.4. The Hall–Kier alpha value is -2.67. The van der Waals surface area contributed by atoms with Crippen molar-refractivity contribution in [3.63, 3.8) is 0 Å². The van der Waals surface area contributed by atoms with E-state index in [0.717, 1.165) is 43.1 Å². The van der Waals surface area contributed by atoms with Crippen LogP contribution in [-0.2, 0) is 4.74 Å². The monoisotopic (exact) mass is 329 g/mol. The van der Waals surface area contributed by atoms with Gasteiger partial charge in [-0.2, -0.15) is 0 Å². The van der Waals surface area contributed by atoms with Crippen molar-refractivity contribution in [1.82, 2.24) is 4.98 Å². The van der Waals surface area contributed by atoms with Gasteiger partial charge in [0.1, 0.15) is 11.9 Å². The quantitative estimate of drug-likeness (QED) is 0.666. The van der Waals surface area contributed by atoms with E-state index in [1.54, 1.807) is 6.07 Å². The van der Waals surface area contributed by atoms with Gasteiger partial charge in [0, 0.05) is 30.8 Å². The van der Waals surface area contributed by atoms with Crippen LogP contribution in [0.1, 0.15) is 18.4 Å². The largest absolute Gasteiger partial charge is 0.490 e. The van der Waals surface area contributed by atoms with E-state index < -0.39 is 4.92 Å². The van der Waals surface area contributed by atoms with Gasteiger partial charge in [0.05, 0.1) is 18.1 Å². The van der Waals surface area contributed by atoms with Crippen LogP contribution in [0.25, 0.3) is 0 Å². The zero-order valence-corrected chi connectivity index (χ0v) is 13.4. The van der Waals surface area contributed by atoms with Crippen molar-refractivity contribution in [2.75, 3.05) is 18.5 Å². The minimum absolute atomic E-state index is 0.0577. The first-order valence-electron chi connectivity index (χ1n) is 7.85. The maximum atomic E-state index is 11.0. The molecule has 24 heavy (non-hydrogen) atoms. The standard InChI is InChI=1S/C17H19N3O4/c1-12-11-13(19-17-15(20(21)22)3-2-8-18-17)4-5-16(12)24-14-6-9-23-10-7-14/h2-5,8,11,14H,6-7,9-10H2,1H3,(H,18,19). The maximum Gasteiger partial charge on any atom is 0.311 e. The molecule has 1 aromatic carbocycles. The highest BCUT2D eigenvalue weighted by molar-refractivity contribution is 5.66. The van der Waals surface area contributed by atoms with Crippen molar-refractivity contribution in [3.05, 3.63) is 52.2 Å². The lowest BCUT2D eigenvalue weighted by Crippen LogP contribution is -2.26. The lowest BCUT2D eigenvalue weighted by molar-refractivity contribution is -0.384. The summed E-state index contributed by atoms with van der Waals surface area (Å²) in [6.45, 7) is 3.41. The Morgan fingerprint density at radius 2 is 2.12 bits per heavy atom. The Labute approximate surface area is 139 Å². The fourth-order valence-electron chi connectivity index (χ4n) is 2.61. The Balaban J connectivity index is 1.74. The molecule has 126 valence electrons. The van der Waals surface area contributed by atoms with Gasteiger partial charge in [0.15, 0.2) is 0 Å².